The maximum absolute atomic E-state index is 11.1. The number of amides is 1. The van der Waals surface area contributed by atoms with Crippen LogP contribution < -0.4 is 11.1 Å². The molecule has 0 aliphatic rings. The minimum atomic E-state index is 0.0564. The van der Waals surface area contributed by atoms with Crippen LogP contribution >= 0.6 is 0 Å². The van der Waals surface area contributed by atoms with E-state index in [9.17, 15) is 4.79 Å². The van der Waals surface area contributed by atoms with Gasteiger partial charge in [0.25, 0.3) is 0 Å². The van der Waals surface area contributed by atoms with Crippen LogP contribution in [-0.4, -0.2) is 43.5 Å². The first kappa shape index (κ1) is 11.4. The molecule has 4 heteroatoms. The summed E-state index contributed by atoms with van der Waals surface area (Å²) >= 11 is 0. The fourth-order valence-electron chi connectivity index (χ4n) is 0.912. The molecular weight excluding hydrogens is 154 g/mol. The van der Waals surface area contributed by atoms with Crippen LogP contribution in [-0.2, 0) is 4.79 Å². The number of rotatable bonds is 5. The third-order valence-electron chi connectivity index (χ3n) is 1.37. The fraction of sp³-hybridized carbons (Fsp3) is 0.875. The summed E-state index contributed by atoms with van der Waals surface area (Å²) in [4.78, 5) is 13.0. The first-order valence-corrected chi connectivity index (χ1v) is 4.24. The van der Waals surface area contributed by atoms with Crippen LogP contribution in [0.4, 0.5) is 0 Å². The zero-order chi connectivity index (χ0) is 9.56. The zero-order valence-electron chi connectivity index (χ0n) is 8.13. The molecule has 0 fully saturated rings. The van der Waals surface area contributed by atoms with Gasteiger partial charge in [-0.2, -0.15) is 0 Å². The average molecular weight is 173 g/mol. The van der Waals surface area contributed by atoms with Crippen LogP contribution in [0.3, 0.4) is 0 Å². The van der Waals surface area contributed by atoms with Gasteiger partial charge in [-0.1, -0.05) is 0 Å². The number of nitrogens with two attached hydrogens (primary N) is 1. The van der Waals surface area contributed by atoms with Gasteiger partial charge in [-0.05, 0) is 20.9 Å². The summed E-state index contributed by atoms with van der Waals surface area (Å²) in [6.07, 6.45) is 0. The Bertz CT molecular complexity index is 136. The van der Waals surface area contributed by atoms with E-state index in [-0.39, 0.29) is 11.9 Å². The van der Waals surface area contributed by atoms with E-state index in [1.807, 2.05) is 25.8 Å². The third-order valence-corrected chi connectivity index (χ3v) is 1.37. The number of likely N-dealkylation sites (N-methyl/N-ethyl adjacent to an activating group) is 1. The van der Waals surface area contributed by atoms with Crippen molar-refractivity contribution in [3.63, 3.8) is 0 Å². The van der Waals surface area contributed by atoms with Crippen LogP contribution in [0.1, 0.15) is 13.8 Å². The van der Waals surface area contributed by atoms with Gasteiger partial charge in [-0.25, -0.2) is 0 Å². The molecule has 1 amide bonds. The van der Waals surface area contributed by atoms with E-state index in [2.05, 4.69) is 5.32 Å². The highest BCUT2D eigenvalue weighted by molar-refractivity contribution is 5.78. The van der Waals surface area contributed by atoms with Crippen molar-refractivity contribution in [2.24, 2.45) is 5.73 Å². The Hall–Kier alpha value is -0.610. The summed E-state index contributed by atoms with van der Waals surface area (Å²) in [6.45, 7) is 5.66. The molecule has 0 heterocycles. The molecule has 4 nitrogen and oxygen atoms in total. The zero-order valence-corrected chi connectivity index (χ0v) is 8.13. The van der Waals surface area contributed by atoms with Crippen LogP contribution in [0.15, 0.2) is 0 Å². The van der Waals surface area contributed by atoms with E-state index in [1.54, 1.807) is 0 Å². The van der Waals surface area contributed by atoms with Gasteiger partial charge in [0.2, 0.25) is 5.91 Å². The maximum atomic E-state index is 11.1. The molecule has 0 aromatic rings. The van der Waals surface area contributed by atoms with E-state index >= 15 is 0 Å². The van der Waals surface area contributed by atoms with E-state index in [1.165, 1.54) is 0 Å². The summed E-state index contributed by atoms with van der Waals surface area (Å²) < 4.78 is 0. The molecule has 0 aliphatic heterocycles. The monoisotopic (exact) mass is 173 g/mol. The highest BCUT2D eigenvalue weighted by atomic mass is 16.2. The summed E-state index contributed by atoms with van der Waals surface area (Å²) in [7, 11) is 1.88. The number of nitrogens with zero attached hydrogens (tertiary/aromatic N) is 1. The standard InChI is InChI=1S/C8H19N3O/c1-7(2)10-8(12)6-11(3)5-4-9/h7H,4-6,9H2,1-3H3,(H,10,12). The second kappa shape index (κ2) is 5.97. The van der Waals surface area contributed by atoms with Crippen LogP contribution in [0.25, 0.3) is 0 Å². The molecule has 0 radical (unpaired) electrons. The van der Waals surface area contributed by atoms with Gasteiger partial charge in [-0.15, -0.1) is 0 Å². The molecule has 0 atom stereocenters. The van der Waals surface area contributed by atoms with Crippen molar-refractivity contribution in [1.29, 1.82) is 0 Å². The van der Waals surface area contributed by atoms with Crippen molar-refractivity contribution >= 4 is 5.91 Å². The maximum Gasteiger partial charge on any atom is 0.234 e. The van der Waals surface area contributed by atoms with Crippen LogP contribution in [0.2, 0.25) is 0 Å². The summed E-state index contributed by atoms with van der Waals surface area (Å²) in [6, 6.07) is 0.212. The highest BCUT2D eigenvalue weighted by Gasteiger charge is 2.05. The molecule has 0 aromatic carbocycles. The Balaban J connectivity index is 3.54. The Morgan fingerprint density at radius 1 is 1.58 bits per heavy atom. The second-order valence-corrected chi connectivity index (χ2v) is 3.25. The lowest BCUT2D eigenvalue weighted by Gasteiger charge is -2.16. The van der Waals surface area contributed by atoms with E-state index in [0.717, 1.165) is 6.54 Å². The van der Waals surface area contributed by atoms with Crippen molar-refractivity contribution < 1.29 is 4.79 Å². The van der Waals surface area contributed by atoms with Gasteiger partial charge < -0.3 is 11.1 Å². The molecule has 0 rings (SSSR count). The molecule has 12 heavy (non-hydrogen) atoms. The first-order valence-electron chi connectivity index (χ1n) is 4.24. The normalized spacial score (nSPS) is 10.8. The molecule has 0 aliphatic carbocycles. The minimum absolute atomic E-state index is 0.0564. The Morgan fingerprint density at radius 2 is 2.17 bits per heavy atom. The predicted molar refractivity (Wildman–Crippen MR) is 49.8 cm³/mol. The SMILES string of the molecule is CC(C)NC(=O)CN(C)CCN. The van der Waals surface area contributed by atoms with E-state index < -0.39 is 0 Å². The molecule has 0 aromatic heterocycles. The van der Waals surface area contributed by atoms with Gasteiger partial charge >= 0.3 is 0 Å². The molecule has 0 unspecified atom stereocenters. The average Bonchev–Trinajstić information content (AvgIpc) is 1.84. The second-order valence-electron chi connectivity index (χ2n) is 3.25. The summed E-state index contributed by atoms with van der Waals surface area (Å²) in [5.74, 6) is 0.0564. The molecule has 72 valence electrons. The van der Waals surface area contributed by atoms with Crippen molar-refractivity contribution in [2.45, 2.75) is 19.9 Å². The number of hydrogen-bond acceptors (Lipinski definition) is 3. The van der Waals surface area contributed by atoms with Crippen molar-refractivity contribution in [3.8, 4) is 0 Å². The van der Waals surface area contributed by atoms with Crippen LogP contribution in [0, 0.1) is 0 Å². The molecular formula is C8H19N3O. The lowest BCUT2D eigenvalue weighted by molar-refractivity contribution is -0.122. The fourth-order valence-corrected chi connectivity index (χ4v) is 0.912. The van der Waals surface area contributed by atoms with Gasteiger partial charge in [0.1, 0.15) is 0 Å². The Morgan fingerprint density at radius 3 is 2.58 bits per heavy atom. The van der Waals surface area contributed by atoms with Gasteiger partial charge in [0.05, 0.1) is 6.54 Å². The van der Waals surface area contributed by atoms with Gasteiger partial charge in [0.15, 0.2) is 0 Å². The molecule has 0 saturated carbocycles. The van der Waals surface area contributed by atoms with E-state index in [4.69, 9.17) is 5.73 Å². The van der Waals surface area contributed by atoms with E-state index in [0.29, 0.717) is 13.1 Å². The molecule has 0 bridgehead atoms. The van der Waals surface area contributed by atoms with Crippen LogP contribution in [0.5, 0.6) is 0 Å². The number of nitrogens with one attached hydrogen (secondary N) is 1. The van der Waals surface area contributed by atoms with Crippen molar-refractivity contribution in [1.82, 2.24) is 10.2 Å². The minimum Gasteiger partial charge on any atom is -0.353 e. The Labute approximate surface area is 74.1 Å². The topological polar surface area (TPSA) is 58.4 Å². The van der Waals surface area contributed by atoms with Crippen molar-refractivity contribution in [3.05, 3.63) is 0 Å². The smallest absolute Gasteiger partial charge is 0.234 e. The molecule has 0 saturated heterocycles. The van der Waals surface area contributed by atoms with Crippen molar-refractivity contribution in [2.75, 3.05) is 26.7 Å². The molecule has 0 spiro atoms. The highest BCUT2D eigenvalue weighted by Crippen LogP contribution is 1.82. The largest absolute Gasteiger partial charge is 0.353 e. The van der Waals surface area contributed by atoms with Gasteiger partial charge in [-0.3, -0.25) is 9.69 Å². The number of hydrogen-bond donors (Lipinski definition) is 2. The number of carbonyl (C=O) groups is 1. The predicted octanol–water partition coefficient (Wildman–Crippen LogP) is -0.598. The molecule has 3 N–H and O–H groups in total. The summed E-state index contributed by atoms with van der Waals surface area (Å²) in [5, 5.41) is 2.81. The summed E-state index contributed by atoms with van der Waals surface area (Å²) in [5.41, 5.74) is 5.33. The number of carbonyl (C=O) groups excluding carboxylic acids is 1. The lowest BCUT2D eigenvalue weighted by Crippen LogP contribution is -2.40. The third kappa shape index (κ3) is 6.12. The Kier molecular flexibility index (Phi) is 5.66. The van der Waals surface area contributed by atoms with Gasteiger partial charge in [0, 0.05) is 19.1 Å². The first-order chi connectivity index (χ1) is 5.56. The quantitative estimate of drug-likeness (QED) is 0.584. The lowest BCUT2D eigenvalue weighted by atomic mass is 10.4.